The number of hydrogen-bond acceptors (Lipinski definition) is 4. The van der Waals surface area contributed by atoms with Crippen molar-refractivity contribution in [1.29, 1.82) is 0 Å². The van der Waals surface area contributed by atoms with Gasteiger partial charge in [-0.05, 0) is 67.5 Å². The SMILES string of the molecule is COc1ccccc1-c1nn(CC(=O)Nc2cccc(C)c2C)c(=S)n1-n1cccc1. The summed E-state index contributed by atoms with van der Waals surface area (Å²) in [6, 6.07) is 17.2. The fraction of sp³-hybridized carbons (Fsp3) is 0.174. The van der Waals surface area contributed by atoms with Gasteiger partial charge in [-0.15, -0.1) is 5.10 Å². The van der Waals surface area contributed by atoms with Gasteiger partial charge in [0.15, 0.2) is 5.82 Å². The Balaban J connectivity index is 1.73. The van der Waals surface area contributed by atoms with Crippen LogP contribution in [0.3, 0.4) is 0 Å². The first-order chi connectivity index (χ1) is 15.0. The van der Waals surface area contributed by atoms with Gasteiger partial charge in [-0.2, -0.15) is 0 Å². The van der Waals surface area contributed by atoms with Crippen molar-refractivity contribution in [2.24, 2.45) is 0 Å². The molecule has 8 heteroatoms. The van der Waals surface area contributed by atoms with E-state index in [1.165, 1.54) is 4.68 Å². The van der Waals surface area contributed by atoms with Gasteiger partial charge in [0.1, 0.15) is 12.3 Å². The fourth-order valence-electron chi connectivity index (χ4n) is 3.38. The third kappa shape index (κ3) is 4.02. The molecule has 158 valence electrons. The first-order valence-corrected chi connectivity index (χ1v) is 10.2. The Morgan fingerprint density at radius 3 is 2.55 bits per heavy atom. The molecule has 7 nitrogen and oxygen atoms in total. The van der Waals surface area contributed by atoms with Crippen LogP contribution in [0.2, 0.25) is 0 Å². The van der Waals surface area contributed by atoms with Crippen LogP contribution in [0, 0.1) is 18.6 Å². The van der Waals surface area contributed by atoms with E-state index in [9.17, 15) is 4.79 Å². The molecule has 0 saturated heterocycles. The predicted molar refractivity (Wildman–Crippen MR) is 123 cm³/mol. The van der Waals surface area contributed by atoms with Crippen LogP contribution in [0.4, 0.5) is 5.69 Å². The zero-order valence-electron chi connectivity index (χ0n) is 17.6. The Morgan fingerprint density at radius 2 is 1.81 bits per heavy atom. The lowest BCUT2D eigenvalue weighted by atomic mass is 10.1. The van der Waals surface area contributed by atoms with Gasteiger partial charge in [-0.25, -0.2) is 9.36 Å². The summed E-state index contributed by atoms with van der Waals surface area (Å²) in [7, 11) is 1.61. The van der Waals surface area contributed by atoms with Crippen LogP contribution in [0.1, 0.15) is 11.1 Å². The van der Waals surface area contributed by atoms with Gasteiger partial charge in [0.05, 0.1) is 12.7 Å². The minimum atomic E-state index is -0.200. The smallest absolute Gasteiger partial charge is 0.246 e. The van der Waals surface area contributed by atoms with E-state index in [0.717, 1.165) is 22.4 Å². The molecule has 2 aromatic heterocycles. The third-order valence-corrected chi connectivity index (χ3v) is 5.54. The average Bonchev–Trinajstić information content (AvgIpc) is 3.39. The number of amides is 1. The van der Waals surface area contributed by atoms with E-state index < -0.39 is 0 Å². The number of aromatic nitrogens is 4. The lowest BCUT2D eigenvalue weighted by Gasteiger charge is -2.10. The van der Waals surface area contributed by atoms with Crippen molar-refractivity contribution in [2.45, 2.75) is 20.4 Å². The number of hydrogen-bond donors (Lipinski definition) is 1. The number of carbonyl (C=O) groups is 1. The summed E-state index contributed by atoms with van der Waals surface area (Å²) < 4.78 is 11.0. The van der Waals surface area contributed by atoms with Gasteiger partial charge in [0.25, 0.3) is 0 Å². The number of para-hydroxylation sites is 1. The van der Waals surface area contributed by atoms with E-state index in [4.69, 9.17) is 17.0 Å². The lowest BCUT2D eigenvalue weighted by Crippen LogP contribution is -2.20. The highest BCUT2D eigenvalue weighted by Gasteiger charge is 2.19. The Morgan fingerprint density at radius 1 is 1.06 bits per heavy atom. The topological polar surface area (TPSA) is 66.0 Å². The second-order valence-electron chi connectivity index (χ2n) is 7.13. The third-order valence-electron chi connectivity index (χ3n) is 5.16. The molecule has 4 rings (SSSR count). The highest BCUT2D eigenvalue weighted by Crippen LogP contribution is 2.29. The van der Waals surface area contributed by atoms with E-state index in [0.29, 0.717) is 16.3 Å². The standard InChI is InChI=1S/C23H23N5O2S/c1-16-9-8-11-19(17(16)2)24-21(29)15-27-23(31)28(26-13-6-7-14-26)22(25-27)18-10-4-5-12-20(18)30-3/h4-14H,15H2,1-3H3,(H,24,29). The van der Waals surface area contributed by atoms with Crippen LogP contribution in [0.15, 0.2) is 67.0 Å². The molecule has 0 spiro atoms. The van der Waals surface area contributed by atoms with Crippen LogP contribution in [0.5, 0.6) is 5.75 Å². The van der Waals surface area contributed by atoms with E-state index in [-0.39, 0.29) is 12.5 Å². The molecular formula is C23H23N5O2S. The summed E-state index contributed by atoms with van der Waals surface area (Å²) >= 11 is 5.69. The Bertz CT molecular complexity index is 1290. The highest BCUT2D eigenvalue weighted by atomic mass is 32.1. The zero-order chi connectivity index (χ0) is 22.0. The van der Waals surface area contributed by atoms with E-state index in [2.05, 4.69) is 10.4 Å². The van der Waals surface area contributed by atoms with Crippen molar-refractivity contribution in [2.75, 3.05) is 12.4 Å². The molecule has 0 aliphatic heterocycles. The zero-order valence-corrected chi connectivity index (χ0v) is 18.4. The second kappa shape index (κ2) is 8.61. The summed E-state index contributed by atoms with van der Waals surface area (Å²) in [5.74, 6) is 1.05. The van der Waals surface area contributed by atoms with Crippen molar-refractivity contribution >= 4 is 23.8 Å². The number of aryl methyl sites for hydroxylation is 1. The molecule has 0 aliphatic rings. The van der Waals surface area contributed by atoms with Crippen LogP contribution in [-0.4, -0.2) is 32.1 Å². The van der Waals surface area contributed by atoms with Crippen molar-refractivity contribution in [3.05, 3.63) is 82.9 Å². The predicted octanol–water partition coefficient (Wildman–Crippen LogP) is 4.46. The number of carbonyl (C=O) groups excluding carboxylic acids is 1. The molecule has 0 saturated carbocycles. The van der Waals surface area contributed by atoms with Crippen molar-refractivity contribution in [1.82, 2.24) is 19.1 Å². The molecule has 4 aromatic rings. The van der Waals surface area contributed by atoms with Gasteiger partial charge < -0.3 is 10.1 Å². The van der Waals surface area contributed by atoms with Crippen LogP contribution in [0.25, 0.3) is 11.4 Å². The summed E-state index contributed by atoms with van der Waals surface area (Å²) in [5, 5.41) is 7.65. The Hall–Kier alpha value is -3.65. The molecule has 1 N–H and O–H groups in total. The molecule has 0 unspecified atom stereocenters. The van der Waals surface area contributed by atoms with Gasteiger partial charge in [-0.1, -0.05) is 24.3 Å². The quantitative estimate of drug-likeness (QED) is 0.456. The fourth-order valence-corrected chi connectivity index (χ4v) is 3.67. The molecule has 0 atom stereocenters. The van der Waals surface area contributed by atoms with Crippen LogP contribution in [-0.2, 0) is 11.3 Å². The van der Waals surface area contributed by atoms with Gasteiger partial charge in [0, 0.05) is 18.1 Å². The van der Waals surface area contributed by atoms with Crippen molar-refractivity contribution < 1.29 is 9.53 Å². The molecular weight excluding hydrogens is 410 g/mol. The van der Waals surface area contributed by atoms with Gasteiger partial charge in [0.2, 0.25) is 10.7 Å². The summed E-state index contributed by atoms with van der Waals surface area (Å²) in [6.45, 7) is 3.99. The normalized spacial score (nSPS) is 10.8. The highest BCUT2D eigenvalue weighted by molar-refractivity contribution is 7.71. The summed E-state index contributed by atoms with van der Waals surface area (Å²) in [4.78, 5) is 12.8. The van der Waals surface area contributed by atoms with Crippen molar-refractivity contribution in [3.63, 3.8) is 0 Å². The molecule has 31 heavy (non-hydrogen) atoms. The maximum atomic E-state index is 12.8. The number of anilines is 1. The van der Waals surface area contributed by atoms with Gasteiger partial charge in [-0.3, -0.25) is 9.47 Å². The number of nitrogens with one attached hydrogen (secondary N) is 1. The molecule has 1 amide bonds. The Labute approximate surface area is 185 Å². The Kier molecular flexibility index (Phi) is 5.73. The largest absolute Gasteiger partial charge is 0.496 e. The second-order valence-corrected chi connectivity index (χ2v) is 7.50. The first kappa shape index (κ1) is 20.6. The number of rotatable bonds is 6. The van der Waals surface area contributed by atoms with Gasteiger partial charge >= 0.3 is 0 Å². The van der Waals surface area contributed by atoms with Crippen molar-refractivity contribution in [3.8, 4) is 17.1 Å². The van der Waals surface area contributed by atoms with Crippen LogP contribution >= 0.6 is 12.2 Å². The molecule has 0 radical (unpaired) electrons. The monoisotopic (exact) mass is 433 g/mol. The molecule has 0 fully saturated rings. The number of methoxy groups -OCH3 is 1. The molecule has 2 aromatic carbocycles. The summed E-state index contributed by atoms with van der Waals surface area (Å²) in [6.07, 6.45) is 3.74. The minimum Gasteiger partial charge on any atom is -0.496 e. The number of nitrogens with zero attached hydrogens (tertiary/aromatic N) is 4. The number of ether oxygens (including phenoxy) is 1. The van der Waals surface area contributed by atoms with Crippen LogP contribution < -0.4 is 10.1 Å². The van der Waals surface area contributed by atoms with E-state index in [1.807, 2.05) is 85.5 Å². The maximum Gasteiger partial charge on any atom is 0.246 e. The maximum absolute atomic E-state index is 12.8. The number of benzene rings is 2. The summed E-state index contributed by atoms with van der Waals surface area (Å²) in [5.41, 5.74) is 3.71. The minimum absolute atomic E-state index is 0.0113. The average molecular weight is 434 g/mol. The molecule has 2 heterocycles. The lowest BCUT2D eigenvalue weighted by molar-refractivity contribution is -0.116. The van der Waals surface area contributed by atoms with E-state index >= 15 is 0 Å². The first-order valence-electron chi connectivity index (χ1n) is 9.82. The van der Waals surface area contributed by atoms with E-state index in [1.54, 1.807) is 11.8 Å². The molecule has 0 bridgehead atoms. The molecule has 0 aliphatic carbocycles.